The summed E-state index contributed by atoms with van der Waals surface area (Å²) in [6, 6.07) is -0.125. The highest BCUT2D eigenvalue weighted by molar-refractivity contribution is 5.87. The smallest absolute Gasteiger partial charge is 0.410 e. The molecule has 10 atom stereocenters. The molecule has 10 unspecified atom stereocenters. The molecule has 4 rings (SSSR count). The maximum Gasteiger partial charge on any atom is 0.410 e. The summed E-state index contributed by atoms with van der Waals surface area (Å²) in [4.78, 5) is 38.2. The Morgan fingerprint density at radius 1 is 1.10 bits per heavy atom. The summed E-state index contributed by atoms with van der Waals surface area (Å²) < 4.78 is 36.0. The molecule has 0 aromatic heterocycles. The summed E-state index contributed by atoms with van der Waals surface area (Å²) in [7, 11) is 0. The summed E-state index contributed by atoms with van der Waals surface area (Å²) in [6.07, 6.45) is 9.32. The van der Waals surface area contributed by atoms with Gasteiger partial charge in [-0.2, -0.15) is 0 Å². The molecule has 4 fully saturated rings. The number of carboxylic acid groups (broad SMARTS) is 1. The number of ether oxygens (including phenoxy) is 6. The van der Waals surface area contributed by atoms with Crippen molar-refractivity contribution in [2.45, 2.75) is 154 Å². The van der Waals surface area contributed by atoms with Gasteiger partial charge in [0.15, 0.2) is 6.29 Å². The minimum absolute atomic E-state index is 0.0185. The summed E-state index contributed by atoms with van der Waals surface area (Å²) in [6.45, 7) is 14.3. The van der Waals surface area contributed by atoms with Gasteiger partial charge in [0.2, 0.25) is 5.91 Å². The lowest BCUT2D eigenvalue weighted by atomic mass is 9.85. The normalized spacial score (nSPS) is 33.8. The van der Waals surface area contributed by atoms with Gasteiger partial charge < -0.3 is 43.7 Å². The van der Waals surface area contributed by atoms with Crippen LogP contribution in [-0.4, -0.2) is 109 Å². The summed E-state index contributed by atoms with van der Waals surface area (Å²) in [5.41, 5.74) is 0.674. The number of nitrogens with zero attached hydrogens (tertiary/aromatic N) is 1. The molecule has 4 aliphatic rings. The molecule has 0 radical (unpaired) electrons. The number of aliphatic carboxylic acids is 1. The number of allylic oxidation sites excluding steroid dienone is 1. The van der Waals surface area contributed by atoms with E-state index in [-0.39, 0.29) is 54.8 Å². The van der Waals surface area contributed by atoms with Gasteiger partial charge in [0, 0.05) is 32.2 Å². The van der Waals surface area contributed by atoms with E-state index in [0.29, 0.717) is 26.1 Å². The van der Waals surface area contributed by atoms with E-state index in [9.17, 15) is 19.5 Å². The van der Waals surface area contributed by atoms with Crippen molar-refractivity contribution in [3.05, 3.63) is 23.8 Å². The van der Waals surface area contributed by atoms with Gasteiger partial charge >= 0.3 is 12.1 Å². The van der Waals surface area contributed by atoms with Crippen LogP contribution in [-0.2, 0) is 38.0 Å². The maximum absolute atomic E-state index is 12.7. The number of carbonyl (C=O) groups excluding carboxylic acids is 2. The molecule has 0 saturated carbocycles. The average Bonchev–Trinajstić information content (AvgIpc) is 3.81. The van der Waals surface area contributed by atoms with Gasteiger partial charge in [-0.3, -0.25) is 9.59 Å². The minimum atomic E-state index is -0.887. The number of nitrogens with one attached hydrogen (secondary N) is 1. The highest BCUT2D eigenvalue weighted by atomic mass is 16.7. The zero-order valence-electron chi connectivity index (χ0n) is 29.7. The second-order valence-corrected chi connectivity index (χ2v) is 14.1. The lowest BCUT2D eigenvalue weighted by molar-refractivity contribution is -0.237. The van der Waals surface area contributed by atoms with Crippen molar-refractivity contribution in [2.24, 2.45) is 5.92 Å². The Hall–Kier alpha value is -2.51. The number of hydrogen-bond acceptors (Lipinski definition) is 9. The molecule has 2 N–H and O–H groups in total. The van der Waals surface area contributed by atoms with Crippen LogP contribution in [0.3, 0.4) is 0 Å². The monoisotopic (exact) mass is 678 g/mol. The first kappa shape index (κ1) is 38.3. The van der Waals surface area contributed by atoms with Crippen LogP contribution in [0, 0.1) is 5.92 Å². The maximum atomic E-state index is 12.7. The van der Waals surface area contributed by atoms with Crippen LogP contribution in [0.25, 0.3) is 0 Å². The molecule has 1 spiro atoms. The number of epoxide rings is 1. The fourth-order valence-corrected chi connectivity index (χ4v) is 7.11. The van der Waals surface area contributed by atoms with E-state index in [2.05, 4.69) is 25.2 Å². The van der Waals surface area contributed by atoms with E-state index >= 15 is 0 Å². The standard InChI is InChI=1S/C36H58N2O10/c1-7-43-27(6)47-34-31(48-28(20-33(40)41)21-36(34)22-44-36)15-12-23(2)11-14-30-24(3)19-29(26(5)46-30)37-32(39)16-13-25(4)45-35(42)38-17-9-8-10-18-38/h11,13,16,24-31,34H,7-10,12,14-15,17-22H2,1-6H3,(H,37,39)(H,40,41). The number of piperidine rings is 1. The Bertz CT molecular complexity index is 1130. The van der Waals surface area contributed by atoms with E-state index in [0.717, 1.165) is 51.6 Å². The van der Waals surface area contributed by atoms with Crippen molar-refractivity contribution < 1.29 is 47.9 Å². The molecular weight excluding hydrogens is 620 g/mol. The van der Waals surface area contributed by atoms with Crippen molar-refractivity contribution in [3.63, 3.8) is 0 Å². The molecule has 0 aromatic carbocycles. The van der Waals surface area contributed by atoms with Crippen LogP contribution in [0.4, 0.5) is 4.79 Å². The van der Waals surface area contributed by atoms with Crippen molar-refractivity contribution in [2.75, 3.05) is 26.3 Å². The number of amides is 2. The number of carboxylic acids is 1. The van der Waals surface area contributed by atoms with Crippen molar-refractivity contribution in [1.29, 1.82) is 0 Å². The topological polar surface area (TPSA) is 145 Å². The van der Waals surface area contributed by atoms with Crippen molar-refractivity contribution >= 4 is 18.0 Å². The molecule has 4 saturated heterocycles. The Morgan fingerprint density at radius 2 is 1.83 bits per heavy atom. The SMILES string of the molecule is CCOC(C)OC1C(CCC(C)=CCC2OC(C)C(NC(=O)C=CC(C)OC(=O)N3CCCCC3)CC2C)OC(CC(=O)O)CC12CO2. The third-order valence-electron chi connectivity index (χ3n) is 9.94. The van der Waals surface area contributed by atoms with Crippen LogP contribution < -0.4 is 5.32 Å². The van der Waals surface area contributed by atoms with Gasteiger partial charge in [0.1, 0.15) is 17.8 Å². The predicted molar refractivity (Wildman–Crippen MR) is 178 cm³/mol. The number of hydrogen-bond donors (Lipinski definition) is 2. The van der Waals surface area contributed by atoms with Crippen LogP contribution in [0.2, 0.25) is 0 Å². The van der Waals surface area contributed by atoms with Crippen LogP contribution in [0.1, 0.15) is 99.3 Å². The quantitative estimate of drug-likeness (QED) is 0.103. The van der Waals surface area contributed by atoms with Gasteiger partial charge in [0.05, 0.1) is 43.5 Å². The first-order chi connectivity index (χ1) is 22.9. The third kappa shape index (κ3) is 11.3. The lowest BCUT2D eigenvalue weighted by Crippen LogP contribution is -2.53. The molecule has 0 aromatic rings. The first-order valence-electron chi connectivity index (χ1n) is 17.9. The van der Waals surface area contributed by atoms with Gasteiger partial charge in [-0.1, -0.05) is 18.6 Å². The zero-order valence-corrected chi connectivity index (χ0v) is 29.7. The van der Waals surface area contributed by atoms with E-state index in [1.807, 2.05) is 20.8 Å². The molecule has 0 bridgehead atoms. The highest BCUT2D eigenvalue weighted by Gasteiger charge is 2.60. The molecule has 48 heavy (non-hydrogen) atoms. The Labute approximate surface area is 285 Å². The number of likely N-dealkylation sites (tertiary alicyclic amines) is 1. The van der Waals surface area contributed by atoms with Gasteiger partial charge in [0.25, 0.3) is 0 Å². The number of carbonyl (C=O) groups is 3. The largest absolute Gasteiger partial charge is 0.481 e. The molecule has 12 heteroatoms. The molecule has 4 aliphatic heterocycles. The predicted octanol–water partition coefficient (Wildman–Crippen LogP) is 5.14. The van der Waals surface area contributed by atoms with E-state index in [1.54, 1.807) is 17.9 Å². The second-order valence-electron chi connectivity index (χ2n) is 14.1. The van der Waals surface area contributed by atoms with Gasteiger partial charge in [-0.15, -0.1) is 0 Å². The van der Waals surface area contributed by atoms with Crippen LogP contribution in [0.5, 0.6) is 0 Å². The van der Waals surface area contributed by atoms with Crippen LogP contribution >= 0.6 is 0 Å². The van der Waals surface area contributed by atoms with Crippen LogP contribution in [0.15, 0.2) is 23.8 Å². The summed E-state index contributed by atoms with van der Waals surface area (Å²) in [5, 5.41) is 12.5. The zero-order chi connectivity index (χ0) is 34.8. The second kappa shape index (κ2) is 17.9. The molecule has 0 aliphatic carbocycles. The Morgan fingerprint density at radius 3 is 2.50 bits per heavy atom. The van der Waals surface area contributed by atoms with Crippen molar-refractivity contribution in [1.82, 2.24) is 10.2 Å². The Balaban J connectivity index is 1.23. The van der Waals surface area contributed by atoms with Crippen molar-refractivity contribution in [3.8, 4) is 0 Å². The minimum Gasteiger partial charge on any atom is -0.481 e. The lowest BCUT2D eigenvalue weighted by Gasteiger charge is -2.41. The third-order valence-corrected chi connectivity index (χ3v) is 9.94. The summed E-state index contributed by atoms with van der Waals surface area (Å²) in [5.74, 6) is -0.890. The molecule has 2 amide bonds. The Kier molecular flexibility index (Phi) is 14.3. The summed E-state index contributed by atoms with van der Waals surface area (Å²) >= 11 is 0. The van der Waals surface area contributed by atoms with Gasteiger partial charge in [-0.05, 0) is 91.6 Å². The van der Waals surface area contributed by atoms with E-state index < -0.39 is 30.1 Å². The molecular formula is C36H58N2O10. The van der Waals surface area contributed by atoms with E-state index in [4.69, 9.17) is 28.4 Å². The molecule has 12 nitrogen and oxygen atoms in total. The van der Waals surface area contributed by atoms with Gasteiger partial charge in [-0.25, -0.2) is 4.79 Å². The first-order valence-corrected chi connectivity index (χ1v) is 17.9. The average molecular weight is 679 g/mol. The molecule has 4 heterocycles. The highest BCUT2D eigenvalue weighted by Crippen LogP contribution is 2.46. The fraction of sp³-hybridized carbons (Fsp3) is 0.806. The fourth-order valence-electron chi connectivity index (χ4n) is 7.11. The molecule has 272 valence electrons. The number of rotatable bonds is 15. The van der Waals surface area contributed by atoms with E-state index in [1.165, 1.54) is 11.6 Å².